The summed E-state index contributed by atoms with van der Waals surface area (Å²) in [6, 6.07) is 3.52. The van der Waals surface area contributed by atoms with Crippen molar-refractivity contribution in [2.45, 2.75) is 23.6 Å². The van der Waals surface area contributed by atoms with E-state index in [0.717, 1.165) is 24.4 Å². The van der Waals surface area contributed by atoms with Gasteiger partial charge >= 0.3 is 0 Å². The molecule has 0 spiro atoms. The van der Waals surface area contributed by atoms with E-state index >= 15 is 0 Å². The summed E-state index contributed by atoms with van der Waals surface area (Å²) in [6.45, 7) is 3.51. The molecule has 0 bridgehead atoms. The van der Waals surface area contributed by atoms with Crippen molar-refractivity contribution in [1.29, 1.82) is 0 Å². The average Bonchev–Trinajstić information content (AvgIpc) is 2.75. The van der Waals surface area contributed by atoms with Gasteiger partial charge in [-0.2, -0.15) is 0 Å². The van der Waals surface area contributed by atoms with Crippen molar-refractivity contribution in [2.75, 3.05) is 13.1 Å². The smallest absolute Gasteiger partial charge is 0.250 e. The molecule has 2 rings (SSSR count). The van der Waals surface area contributed by atoms with E-state index in [1.807, 2.05) is 13.0 Å². The van der Waals surface area contributed by atoms with Crippen LogP contribution in [0.1, 0.15) is 11.3 Å². The summed E-state index contributed by atoms with van der Waals surface area (Å²) in [5, 5.41) is 3.13. The zero-order valence-corrected chi connectivity index (χ0v) is 10.1. The first-order valence-corrected chi connectivity index (χ1v) is 7.17. The normalized spacial score (nSPS) is 22.1. The molecule has 1 aromatic heterocycles. The first kappa shape index (κ1) is 11.1. The molecule has 2 heterocycles. The van der Waals surface area contributed by atoms with E-state index in [1.165, 1.54) is 11.3 Å². The topological polar surface area (TPSA) is 58.2 Å². The van der Waals surface area contributed by atoms with Gasteiger partial charge in [-0.15, -0.1) is 11.3 Å². The second-order valence-electron chi connectivity index (χ2n) is 3.68. The van der Waals surface area contributed by atoms with Gasteiger partial charge in [0, 0.05) is 17.5 Å². The monoisotopic (exact) mass is 246 g/mol. The third-order valence-corrected chi connectivity index (χ3v) is 5.38. The molecule has 0 radical (unpaired) electrons. The summed E-state index contributed by atoms with van der Waals surface area (Å²) >= 11 is 1.31. The van der Waals surface area contributed by atoms with Gasteiger partial charge in [-0.05, 0) is 32.0 Å². The van der Waals surface area contributed by atoms with Crippen molar-refractivity contribution in [3.8, 4) is 0 Å². The highest BCUT2D eigenvalue weighted by molar-refractivity contribution is 7.91. The number of hydrogen-bond donors (Lipinski definition) is 2. The van der Waals surface area contributed by atoms with E-state index in [2.05, 4.69) is 10.0 Å². The molecule has 1 saturated heterocycles. The van der Waals surface area contributed by atoms with E-state index in [1.54, 1.807) is 6.07 Å². The Bertz CT molecular complexity index is 433. The fourth-order valence-electron chi connectivity index (χ4n) is 1.59. The van der Waals surface area contributed by atoms with Gasteiger partial charge in [-0.25, -0.2) is 13.1 Å². The lowest BCUT2D eigenvalue weighted by Gasteiger charge is -2.10. The van der Waals surface area contributed by atoms with Crippen LogP contribution in [0.3, 0.4) is 0 Å². The quantitative estimate of drug-likeness (QED) is 0.825. The van der Waals surface area contributed by atoms with E-state index in [0.29, 0.717) is 4.21 Å². The van der Waals surface area contributed by atoms with Crippen LogP contribution >= 0.6 is 11.3 Å². The minimum Gasteiger partial charge on any atom is -0.315 e. The van der Waals surface area contributed by atoms with Gasteiger partial charge in [0.25, 0.3) is 0 Å². The zero-order valence-electron chi connectivity index (χ0n) is 8.49. The molecule has 6 heteroatoms. The minimum absolute atomic E-state index is 0.0393. The Kier molecular flexibility index (Phi) is 3.11. The first-order valence-electron chi connectivity index (χ1n) is 4.87. The third-order valence-electron chi connectivity index (χ3n) is 2.36. The molecule has 2 N–H and O–H groups in total. The summed E-state index contributed by atoms with van der Waals surface area (Å²) in [6.07, 6.45) is 0.865. The lowest BCUT2D eigenvalue weighted by molar-refractivity contribution is 0.562. The molecule has 0 aliphatic carbocycles. The maximum absolute atomic E-state index is 11.9. The fourth-order valence-corrected chi connectivity index (χ4v) is 4.16. The van der Waals surface area contributed by atoms with Crippen LogP contribution in [0.5, 0.6) is 0 Å². The summed E-state index contributed by atoms with van der Waals surface area (Å²) in [5.74, 6) is 0. The van der Waals surface area contributed by atoms with Crippen LogP contribution in [0.15, 0.2) is 16.3 Å². The van der Waals surface area contributed by atoms with Crippen LogP contribution in [0.2, 0.25) is 0 Å². The van der Waals surface area contributed by atoms with Crippen LogP contribution in [0.25, 0.3) is 0 Å². The summed E-state index contributed by atoms with van der Waals surface area (Å²) in [7, 11) is -3.29. The Labute approximate surface area is 93.8 Å². The highest BCUT2D eigenvalue weighted by atomic mass is 32.2. The standard InChI is InChI=1S/C9H14N2O2S2/c1-7-2-3-9(14-7)15(12,13)11-8-4-5-10-6-8/h2-3,8,10-11H,4-6H2,1H3/t8-/m0/s1. The fraction of sp³-hybridized carbons (Fsp3) is 0.556. The molecule has 1 fully saturated rings. The second kappa shape index (κ2) is 4.21. The molecule has 0 unspecified atom stereocenters. The van der Waals surface area contributed by atoms with E-state index in [-0.39, 0.29) is 6.04 Å². The van der Waals surface area contributed by atoms with Crippen LogP contribution in [-0.2, 0) is 10.0 Å². The largest absolute Gasteiger partial charge is 0.315 e. The van der Waals surface area contributed by atoms with Crippen LogP contribution in [0, 0.1) is 6.92 Å². The number of hydrogen-bond acceptors (Lipinski definition) is 4. The molecule has 0 amide bonds. The van der Waals surface area contributed by atoms with Crippen molar-refractivity contribution in [3.05, 3.63) is 17.0 Å². The highest BCUT2D eigenvalue weighted by Crippen LogP contribution is 2.20. The van der Waals surface area contributed by atoms with Gasteiger partial charge < -0.3 is 5.32 Å². The minimum atomic E-state index is -3.29. The molecule has 1 aromatic rings. The molecule has 1 aliphatic heterocycles. The Morgan fingerprint density at radius 3 is 2.87 bits per heavy atom. The first-order chi connectivity index (χ1) is 7.08. The molecule has 15 heavy (non-hydrogen) atoms. The number of aryl methyl sites for hydroxylation is 1. The summed E-state index contributed by atoms with van der Waals surface area (Å²) < 4.78 is 26.9. The van der Waals surface area contributed by atoms with Gasteiger partial charge in [-0.1, -0.05) is 0 Å². The number of thiophene rings is 1. The van der Waals surface area contributed by atoms with E-state index < -0.39 is 10.0 Å². The molecule has 4 nitrogen and oxygen atoms in total. The van der Waals surface area contributed by atoms with E-state index in [9.17, 15) is 8.42 Å². The highest BCUT2D eigenvalue weighted by Gasteiger charge is 2.23. The van der Waals surface area contributed by atoms with Gasteiger partial charge in [-0.3, -0.25) is 0 Å². The average molecular weight is 246 g/mol. The second-order valence-corrected chi connectivity index (χ2v) is 6.90. The molecule has 1 atom stereocenters. The zero-order chi connectivity index (χ0) is 10.9. The van der Waals surface area contributed by atoms with Gasteiger partial charge in [0.1, 0.15) is 4.21 Å². The SMILES string of the molecule is Cc1ccc(S(=O)(=O)N[C@H]2CCNC2)s1. The lowest BCUT2D eigenvalue weighted by atomic mass is 10.3. The van der Waals surface area contributed by atoms with Gasteiger partial charge in [0.15, 0.2) is 0 Å². The van der Waals surface area contributed by atoms with Crippen molar-refractivity contribution in [1.82, 2.24) is 10.0 Å². The van der Waals surface area contributed by atoms with Crippen LogP contribution in [0.4, 0.5) is 0 Å². The molecule has 1 aliphatic rings. The van der Waals surface area contributed by atoms with Crippen molar-refractivity contribution >= 4 is 21.4 Å². The summed E-state index contributed by atoms with van der Waals surface area (Å²) in [4.78, 5) is 1.01. The molecule has 84 valence electrons. The number of nitrogens with one attached hydrogen (secondary N) is 2. The lowest BCUT2D eigenvalue weighted by Crippen LogP contribution is -2.35. The Morgan fingerprint density at radius 1 is 1.53 bits per heavy atom. The summed E-state index contributed by atoms with van der Waals surface area (Å²) in [5.41, 5.74) is 0. The van der Waals surface area contributed by atoms with Crippen molar-refractivity contribution < 1.29 is 8.42 Å². The Morgan fingerprint density at radius 2 is 2.33 bits per heavy atom. The number of sulfonamides is 1. The molecular formula is C9H14N2O2S2. The van der Waals surface area contributed by atoms with E-state index in [4.69, 9.17) is 0 Å². The van der Waals surface area contributed by atoms with Crippen molar-refractivity contribution in [3.63, 3.8) is 0 Å². The van der Waals surface area contributed by atoms with Crippen molar-refractivity contribution in [2.24, 2.45) is 0 Å². The molecule has 0 saturated carbocycles. The number of rotatable bonds is 3. The predicted octanol–water partition coefficient (Wildman–Crippen LogP) is 0.697. The maximum atomic E-state index is 11.9. The third kappa shape index (κ3) is 2.57. The molecule has 0 aromatic carbocycles. The van der Waals surface area contributed by atoms with Crippen LogP contribution < -0.4 is 10.0 Å². The predicted molar refractivity (Wildman–Crippen MR) is 60.7 cm³/mol. The van der Waals surface area contributed by atoms with Crippen LogP contribution in [-0.4, -0.2) is 27.5 Å². The Hall–Kier alpha value is -0.430. The maximum Gasteiger partial charge on any atom is 0.250 e. The molecular weight excluding hydrogens is 232 g/mol. The van der Waals surface area contributed by atoms with Gasteiger partial charge in [0.2, 0.25) is 10.0 Å². The Balaban J connectivity index is 2.12. The van der Waals surface area contributed by atoms with Gasteiger partial charge in [0.05, 0.1) is 0 Å².